The van der Waals surface area contributed by atoms with Gasteiger partial charge in [-0.1, -0.05) is 12.1 Å². The van der Waals surface area contributed by atoms with Crippen molar-refractivity contribution in [3.63, 3.8) is 0 Å². The molecule has 4 rings (SSSR count). The highest BCUT2D eigenvalue weighted by Crippen LogP contribution is 2.35. The Labute approximate surface area is 205 Å². The molecule has 2 aromatic carbocycles. The lowest BCUT2D eigenvalue weighted by Gasteiger charge is -2.26. The fourth-order valence-electron chi connectivity index (χ4n) is 3.81. The number of nitrogens with zero attached hydrogens (tertiary/aromatic N) is 3. The predicted octanol–water partition coefficient (Wildman–Crippen LogP) is 4.40. The third-order valence-electron chi connectivity index (χ3n) is 5.56. The van der Waals surface area contributed by atoms with Gasteiger partial charge in [0.15, 0.2) is 11.5 Å². The minimum atomic E-state index is -0.660. The Morgan fingerprint density at radius 2 is 2.11 bits per heavy atom. The summed E-state index contributed by atoms with van der Waals surface area (Å²) in [6.07, 6.45) is 2.42. The first-order valence-electron chi connectivity index (χ1n) is 11.0. The Kier molecular flexibility index (Phi) is 7.56. The van der Waals surface area contributed by atoms with Gasteiger partial charge in [0.25, 0.3) is 11.6 Å². The molecule has 1 aliphatic rings. The highest BCUT2D eigenvalue weighted by molar-refractivity contribution is 7.07. The number of benzene rings is 2. The molecule has 0 bridgehead atoms. The van der Waals surface area contributed by atoms with E-state index in [1.54, 1.807) is 34.0 Å². The Balaban J connectivity index is 1.53. The van der Waals surface area contributed by atoms with E-state index < -0.39 is 16.5 Å². The third-order valence-corrected chi connectivity index (χ3v) is 6.20. The zero-order valence-electron chi connectivity index (χ0n) is 19.1. The van der Waals surface area contributed by atoms with E-state index in [1.165, 1.54) is 30.6 Å². The normalized spacial score (nSPS) is 13.4. The monoisotopic (exact) mass is 496 g/mol. The van der Waals surface area contributed by atoms with Crippen LogP contribution in [0, 0.1) is 10.1 Å². The van der Waals surface area contributed by atoms with Gasteiger partial charge >= 0.3 is 0 Å². The van der Waals surface area contributed by atoms with Crippen LogP contribution in [0.5, 0.6) is 11.5 Å². The van der Waals surface area contributed by atoms with Gasteiger partial charge in [-0.05, 0) is 30.5 Å². The Morgan fingerprint density at radius 1 is 1.26 bits per heavy atom. The van der Waals surface area contributed by atoms with Crippen molar-refractivity contribution in [1.82, 2.24) is 9.88 Å². The number of methoxy groups -OCH3 is 1. The van der Waals surface area contributed by atoms with Crippen LogP contribution >= 0.6 is 11.3 Å². The number of nitro benzene ring substituents is 1. The molecule has 2 amide bonds. The second kappa shape index (κ2) is 11.0. The van der Waals surface area contributed by atoms with Crippen LogP contribution in [0.2, 0.25) is 0 Å². The number of thiazole rings is 1. The van der Waals surface area contributed by atoms with E-state index in [0.29, 0.717) is 30.9 Å². The maximum atomic E-state index is 13.0. The summed E-state index contributed by atoms with van der Waals surface area (Å²) in [5.74, 6) is -0.219. The summed E-state index contributed by atoms with van der Waals surface area (Å²) in [6, 6.07) is 9.56. The number of ether oxygens (including phenoxy) is 2. The molecular weight excluding hydrogens is 472 g/mol. The summed E-state index contributed by atoms with van der Waals surface area (Å²) in [5, 5.41) is 16.3. The number of nitrogens with one attached hydrogen (secondary N) is 1. The zero-order chi connectivity index (χ0) is 24.8. The summed E-state index contributed by atoms with van der Waals surface area (Å²) >= 11 is 1.41. The van der Waals surface area contributed by atoms with Gasteiger partial charge < -0.3 is 19.7 Å². The molecule has 0 aliphatic carbocycles. The van der Waals surface area contributed by atoms with Crippen molar-refractivity contribution in [3.8, 4) is 11.5 Å². The van der Waals surface area contributed by atoms with Gasteiger partial charge in [-0.15, -0.1) is 11.3 Å². The summed E-state index contributed by atoms with van der Waals surface area (Å²) in [6.45, 7) is 1.26. The molecule has 1 fully saturated rings. The standard InChI is InChI=1S/C24H24N4O6S/c1-33-21-10-19(20(28(31)32)11-22(21)34-13-18-14-35-15-25-18)24(30)26-17-6-4-5-16(9-17)12-27-8-3-2-7-23(27)29/h4-6,9-11,14-15H,2-3,7-8,12-13H2,1H3,(H,26,30). The maximum Gasteiger partial charge on any atom is 0.286 e. The number of likely N-dealkylation sites (tertiary alicyclic amines) is 1. The van der Waals surface area contributed by atoms with Crippen LogP contribution in [-0.2, 0) is 17.9 Å². The number of piperidine rings is 1. The van der Waals surface area contributed by atoms with Gasteiger partial charge in [-0.25, -0.2) is 4.98 Å². The van der Waals surface area contributed by atoms with E-state index in [9.17, 15) is 19.7 Å². The van der Waals surface area contributed by atoms with Gasteiger partial charge in [0.1, 0.15) is 12.2 Å². The largest absolute Gasteiger partial charge is 0.493 e. The van der Waals surface area contributed by atoms with E-state index in [0.717, 1.165) is 18.4 Å². The van der Waals surface area contributed by atoms with E-state index in [4.69, 9.17) is 9.47 Å². The second-order valence-electron chi connectivity index (χ2n) is 7.97. The van der Waals surface area contributed by atoms with Crippen LogP contribution in [0.4, 0.5) is 11.4 Å². The lowest BCUT2D eigenvalue weighted by atomic mass is 10.1. The molecule has 0 unspecified atom stereocenters. The molecule has 0 atom stereocenters. The van der Waals surface area contributed by atoms with Crippen molar-refractivity contribution in [2.45, 2.75) is 32.4 Å². The van der Waals surface area contributed by atoms with Crippen LogP contribution < -0.4 is 14.8 Å². The molecule has 0 spiro atoms. The average Bonchev–Trinajstić information content (AvgIpc) is 3.37. The highest BCUT2D eigenvalue weighted by atomic mass is 32.1. The molecule has 3 aromatic rings. The number of amides is 2. The SMILES string of the molecule is COc1cc(C(=O)Nc2cccc(CN3CCCCC3=O)c2)c([N+](=O)[O-])cc1OCc1cscn1. The van der Waals surface area contributed by atoms with E-state index in [-0.39, 0.29) is 29.6 Å². The van der Waals surface area contributed by atoms with Crippen molar-refractivity contribution in [1.29, 1.82) is 0 Å². The topological polar surface area (TPSA) is 124 Å². The zero-order valence-corrected chi connectivity index (χ0v) is 19.9. The number of hydrogen-bond acceptors (Lipinski definition) is 8. The Hall–Kier alpha value is -3.99. The van der Waals surface area contributed by atoms with E-state index >= 15 is 0 Å². The molecular formula is C24H24N4O6S. The van der Waals surface area contributed by atoms with E-state index in [1.807, 2.05) is 6.07 Å². The number of nitro groups is 1. The van der Waals surface area contributed by atoms with Crippen LogP contribution in [0.3, 0.4) is 0 Å². The third kappa shape index (κ3) is 5.93. The van der Waals surface area contributed by atoms with Crippen LogP contribution in [-0.4, -0.2) is 40.3 Å². The fourth-order valence-corrected chi connectivity index (χ4v) is 4.35. The molecule has 1 aromatic heterocycles. The smallest absolute Gasteiger partial charge is 0.286 e. The molecule has 2 heterocycles. The van der Waals surface area contributed by atoms with Crippen molar-refractivity contribution in [3.05, 3.63) is 74.2 Å². The second-order valence-corrected chi connectivity index (χ2v) is 8.69. The summed E-state index contributed by atoms with van der Waals surface area (Å²) in [7, 11) is 1.39. The fraction of sp³-hybridized carbons (Fsp3) is 0.292. The molecule has 10 nitrogen and oxygen atoms in total. The van der Waals surface area contributed by atoms with Gasteiger partial charge in [-0.2, -0.15) is 0 Å². The van der Waals surface area contributed by atoms with Crippen molar-refractivity contribution in [2.75, 3.05) is 19.0 Å². The lowest BCUT2D eigenvalue weighted by Crippen LogP contribution is -2.34. The quantitative estimate of drug-likeness (QED) is 0.344. The van der Waals surface area contributed by atoms with Gasteiger partial charge in [-0.3, -0.25) is 19.7 Å². The van der Waals surface area contributed by atoms with Gasteiger partial charge in [0.2, 0.25) is 5.91 Å². The minimum absolute atomic E-state index is 0.106. The molecule has 11 heteroatoms. The summed E-state index contributed by atoms with van der Waals surface area (Å²) in [4.78, 5) is 42.2. The highest BCUT2D eigenvalue weighted by Gasteiger charge is 2.25. The average molecular weight is 497 g/mol. The van der Waals surface area contributed by atoms with Crippen molar-refractivity contribution in [2.24, 2.45) is 0 Å². The molecule has 35 heavy (non-hydrogen) atoms. The lowest BCUT2D eigenvalue weighted by molar-refractivity contribution is -0.385. The number of carbonyl (C=O) groups is 2. The summed E-state index contributed by atoms with van der Waals surface area (Å²) in [5.41, 5.74) is 3.08. The maximum absolute atomic E-state index is 13.0. The molecule has 0 radical (unpaired) electrons. The first-order valence-corrected chi connectivity index (χ1v) is 11.9. The molecule has 182 valence electrons. The molecule has 1 saturated heterocycles. The van der Waals surface area contributed by atoms with Crippen molar-refractivity contribution < 1.29 is 24.0 Å². The van der Waals surface area contributed by atoms with E-state index in [2.05, 4.69) is 10.3 Å². The Bertz CT molecular complexity index is 1230. The van der Waals surface area contributed by atoms with Crippen LogP contribution in [0.1, 0.15) is 40.9 Å². The van der Waals surface area contributed by atoms with Crippen LogP contribution in [0.15, 0.2) is 47.3 Å². The first kappa shape index (κ1) is 24.1. The first-order chi connectivity index (χ1) is 16.9. The summed E-state index contributed by atoms with van der Waals surface area (Å²) < 4.78 is 11.0. The van der Waals surface area contributed by atoms with Crippen molar-refractivity contribution >= 4 is 34.5 Å². The number of carbonyl (C=O) groups excluding carboxylic acids is 2. The van der Waals surface area contributed by atoms with Crippen LogP contribution in [0.25, 0.3) is 0 Å². The molecule has 1 N–H and O–H groups in total. The predicted molar refractivity (Wildman–Crippen MR) is 130 cm³/mol. The van der Waals surface area contributed by atoms with Gasteiger partial charge in [0.05, 0.1) is 29.3 Å². The minimum Gasteiger partial charge on any atom is -0.493 e. The number of aromatic nitrogens is 1. The van der Waals surface area contributed by atoms with Gasteiger partial charge in [0, 0.05) is 36.6 Å². The number of anilines is 1. The molecule has 1 aliphatic heterocycles. The number of hydrogen-bond donors (Lipinski definition) is 1. The molecule has 0 saturated carbocycles. The Morgan fingerprint density at radius 3 is 2.83 bits per heavy atom. The number of rotatable bonds is 9.